The van der Waals surface area contributed by atoms with Gasteiger partial charge in [0.05, 0.1) is 19.4 Å². The molecule has 0 aromatic heterocycles. The van der Waals surface area contributed by atoms with Gasteiger partial charge in [0.2, 0.25) is 0 Å². The summed E-state index contributed by atoms with van der Waals surface area (Å²) in [7, 11) is 1.44. The minimum atomic E-state index is -0.271. The molecular formula is C21H34O5. The molecule has 5 heteroatoms. The molecule has 1 fully saturated rings. The highest BCUT2D eigenvalue weighted by atomic mass is 16.6. The number of hydrogen-bond acceptors (Lipinski definition) is 5. The van der Waals surface area contributed by atoms with Crippen LogP contribution in [-0.2, 0) is 23.9 Å². The number of ether oxygens (including phenoxy) is 2. The van der Waals surface area contributed by atoms with E-state index in [4.69, 9.17) is 4.74 Å². The van der Waals surface area contributed by atoms with Gasteiger partial charge in [0.1, 0.15) is 12.4 Å². The molecule has 2 atom stereocenters. The van der Waals surface area contributed by atoms with Crippen LogP contribution < -0.4 is 0 Å². The Balaban J connectivity index is 1.85. The summed E-state index contributed by atoms with van der Waals surface area (Å²) in [5.74, 6) is -0.636. The molecule has 0 unspecified atom stereocenters. The second kappa shape index (κ2) is 14.5. The summed E-state index contributed by atoms with van der Waals surface area (Å²) in [4.78, 5) is 33.0. The molecule has 1 saturated heterocycles. The monoisotopic (exact) mass is 366 g/mol. The molecule has 5 nitrogen and oxygen atoms in total. The van der Waals surface area contributed by atoms with Crippen LogP contribution in [-0.4, -0.2) is 31.4 Å². The number of allylic oxidation sites excluding steroid dienone is 1. The summed E-state index contributed by atoms with van der Waals surface area (Å²) in [6.45, 7) is 0. The van der Waals surface area contributed by atoms with E-state index in [1.54, 1.807) is 0 Å². The van der Waals surface area contributed by atoms with Gasteiger partial charge in [-0.15, -0.1) is 0 Å². The molecule has 0 N–H and O–H groups in total. The maximum Gasteiger partial charge on any atom is 0.306 e. The molecule has 0 aromatic carbocycles. The highest BCUT2D eigenvalue weighted by Gasteiger charge is 2.33. The van der Waals surface area contributed by atoms with Crippen molar-refractivity contribution in [2.45, 2.75) is 89.6 Å². The van der Waals surface area contributed by atoms with Gasteiger partial charge in [-0.2, -0.15) is 0 Å². The van der Waals surface area contributed by atoms with Crippen molar-refractivity contribution in [3.63, 3.8) is 0 Å². The lowest BCUT2D eigenvalue weighted by Crippen LogP contribution is -2.15. The van der Waals surface area contributed by atoms with E-state index in [1.165, 1.54) is 52.1 Å². The first-order valence-corrected chi connectivity index (χ1v) is 10.0. The average Bonchev–Trinajstić information content (AvgIpc) is 3.01. The maximum atomic E-state index is 11.2. The zero-order chi connectivity index (χ0) is 19.0. The molecule has 1 aliphatic rings. The third-order valence-corrected chi connectivity index (χ3v) is 4.85. The lowest BCUT2D eigenvalue weighted by Gasteiger charge is -2.09. The Morgan fingerprint density at radius 3 is 2.27 bits per heavy atom. The van der Waals surface area contributed by atoms with E-state index in [0.29, 0.717) is 12.8 Å². The van der Waals surface area contributed by atoms with Crippen LogP contribution in [0.4, 0.5) is 0 Å². The van der Waals surface area contributed by atoms with Crippen LogP contribution in [0.25, 0.3) is 0 Å². The Labute approximate surface area is 157 Å². The summed E-state index contributed by atoms with van der Waals surface area (Å²) in [6, 6.07) is 0. The van der Waals surface area contributed by atoms with Gasteiger partial charge in [0, 0.05) is 12.8 Å². The van der Waals surface area contributed by atoms with Gasteiger partial charge in [-0.25, -0.2) is 0 Å². The Bertz CT molecular complexity index is 444. The third kappa shape index (κ3) is 10.4. The number of unbranched alkanes of at least 4 members (excludes halogenated alkanes) is 9. The first-order valence-electron chi connectivity index (χ1n) is 10.0. The number of carbonyl (C=O) groups excluding carboxylic acids is 3. The standard InChI is InChI=1S/C21H34O5/c1-25-20(23)15-13-11-9-7-5-3-2-4-6-8-10-12-14-19-18(17-22)16-21(24)26-19/h10,12,17-19H,2-9,11,13-16H2,1H3/b12-10+/t18-,19-/m0/s1. The fraction of sp³-hybridized carbons (Fsp3) is 0.762. The molecule has 0 bridgehead atoms. The zero-order valence-corrected chi connectivity index (χ0v) is 16.1. The molecule has 0 aromatic rings. The molecule has 0 radical (unpaired) electrons. The number of hydrogen-bond donors (Lipinski definition) is 0. The number of esters is 2. The van der Waals surface area contributed by atoms with Gasteiger partial charge < -0.3 is 14.3 Å². The predicted octanol–water partition coefficient (Wildman–Crippen LogP) is 4.53. The molecule has 1 heterocycles. The van der Waals surface area contributed by atoms with E-state index in [1.807, 2.05) is 6.08 Å². The summed E-state index contributed by atoms with van der Waals surface area (Å²) >= 11 is 0. The van der Waals surface area contributed by atoms with Gasteiger partial charge in [-0.05, 0) is 19.3 Å². The molecule has 1 aliphatic heterocycles. The van der Waals surface area contributed by atoms with Crippen molar-refractivity contribution in [3.8, 4) is 0 Å². The second-order valence-electron chi connectivity index (χ2n) is 7.04. The Hall–Kier alpha value is -1.65. The van der Waals surface area contributed by atoms with Crippen molar-refractivity contribution >= 4 is 18.2 Å². The number of aldehydes is 1. The fourth-order valence-electron chi connectivity index (χ4n) is 3.21. The summed E-state index contributed by atoms with van der Waals surface area (Å²) in [5, 5.41) is 0. The molecule has 148 valence electrons. The maximum absolute atomic E-state index is 11.2. The van der Waals surface area contributed by atoms with E-state index in [2.05, 4.69) is 10.8 Å². The minimum Gasteiger partial charge on any atom is -0.469 e. The summed E-state index contributed by atoms with van der Waals surface area (Å²) in [5.41, 5.74) is 0. The molecule has 0 spiro atoms. The molecule has 0 saturated carbocycles. The molecule has 0 amide bonds. The Kier molecular flexibility index (Phi) is 12.5. The van der Waals surface area contributed by atoms with Gasteiger partial charge in [0.25, 0.3) is 0 Å². The topological polar surface area (TPSA) is 69.7 Å². The van der Waals surface area contributed by atoms with Gasteiger partial charge >= 0.3 is 11.9 Å². The Morgan fingerprint density at radius 1 is 1.04 bits per heavy atom. The average molecular weight is 366 g/mol. The van der Waals surface area contributed by atoms with Crippen molar-refractivity contribution < 1.29 is 23.9 Å². The quantitative estimate of drug-likeness (QED) is 0.184. The number of methoxy groups -OCH3 is 1. The van der Waals surface area contributed by atoms with Crippen LogP contribution in [0, 0.1) is 5.92 Å². The van der Waals surface area contributed by atoms with Crippen LogP contribution in [0.3, 0.4) is 0 Å². The van der Waals surface area contributed by atoms with Crippen molar-refractivity contribution in [1.29, 1.82) is 0 Å². The van der Waals surface area contributed by atoms with E-state index in [0.717, 1.165) is 25.5 Å². The fourth-order valence-corrected chi connectivity index (χ4v) is 3.21. The van der Waals surface area contributed by atoms with Gasteiger partial charge in [-0.1, -0.05) is 57.1 Å². The number of cyclic esters (lactones) is 1. The highest BCUT2D eigenvalue weighted by molar-refractivity contribution is 5.77. The zero-order valence-electron chi connectivity index (χ0n) is 16.1. The molecule has 26 heavy (non-hydrogen) atoms. The van der Waals surface area contributed by atoms with Crippen LogP contribution in [0.2, 0.25) is 0 Å². The van der Waals surface area contributed by atoms with Crippen LogP contribution in [0.15, 0.2) is 12.2 Å². The molecule has 0 aliphatic carbocycles. The van der Waals surface area contributed by atoms with E-state index >= 15 is 0 Å². The van der Waals surface area contributed by atoms with Crippen LogP contribution in [0.5, 0.6) is 0 Å². The predicted molar refractivity (Wildman–Crippen MR) is 101 cm³/mol. The van der Waals surface area contributed by atoms with E-state index in [9.17, 15) is 14.4 Å². The first kappa shape index (κ1) is 22.4. The summed E-state index contributed by atoms with van der Waals surface area (Å²) < 4.78 is 9.76. The second-order valence-corrected chi connectivity index (χ2v) is 7.04. The molecular weight excluding hydrogens is 332 g/mol. The van der Waals surface area contributed by atoms with E-state index < -0.39 is 0 Å². The Morgan fingerprint density at radius 2 is 1.65 bits per heavy atom. The minimum absolute atomic E-state index is 0.105. The number of rotatable bonds is 15. The van der Waals surface area contributed by atoms with Crippen molar-refractivity contribution in [1.82, 2.24) is 0 Å². The van der Waals surface area contributed by atoms with Crippen molar-refractivity contribution in [2.24, 2.45) is 5.92 Å². The largest absolute Gasteiger partial charge is 0.469 e. The molecule has 1 rings (SSSR count). The smallest absolute Gasteiger partial charge is 0.306 e. The normalized spacial score (nSPS) is 19.7. The lowest BCUT2D eigenvalue weighted by atomic mass is 10.0. The van der Waals surface area contributed by atoms with E-state index in [-0.39, 0.29) is 30.4 Å². The summed E-state index contributed by atoms with van der Waals surface area (Å²) in [6.07, 6.45) is 17.9. The van der Waals surface area contributed by atoms with Gasteiger partial charge in [-0.3, -0.25) is 9.59 Å². The van der Waals surface area contributed by atoms with Crippen LogP contribution >= 0.6 is 0 Å². The highest BCUT2D eigenvalue weighted by Crippen LogP contribution is 2.23. The van der Waals surface area contributed by atoms with Gasteiger partial charge in [0.15, 0.2) is 0 Å². The lowest BCUT2D eigenvalue weighted by molar-refractivity contribution is -0.142. The van der Waals surface area contributed by atoms with Crippen LogP contribution in [0.1, 0.15) is 83.5 Å². The van der Waals surface area contributed by atoms with Crippen molar-refractivity contribution in [3.05, 3.63) is 12.2 Å². The number of carbonyl (C=O) groups is 3. The first-order chi connectivity index (χ1) is 12.7. The third-order valence-electron chi connectivity index (χ3n) is 4.85. The van der Waals surface area contributed by atoms with Crippen molar-refractivity contribution in [2.75, 3.05) is 7.11 Å². The SMILES string of the molecule is COC(=O)CCCCCCCCCCC/C=C/C[C@@H]1OC(=O)C[C@H]1C=O.